The van der Waals surface area contributed by atoms with Crippen LogP contribution in [0, 0.1) is 5.82 Å². The number of nitrogens with one attached hydrogen (secondary N) is 1. The number of halogens is 2. The highest BCUT2D eigenvalue weighted by molar-refractivity contribution is 6.30. The van der Waals surface area contributed by atoms with Gasteiger partial charge in [0.15, 0.2) is 11.5 Å². The molecule has 1 fully saturated rings. The van der Waals surface area contributed by atoms with Crippen LogP contribution in [0.1, 0.15) is 48.7 Å². The lowest BCUT2D eigenvalue weighted by atomic mass is 9.95. The number of anilines is 1. The molecule has 2 heterocycles. The van der Waals surface area contributed by atoms with E-state index in [0.29, 0.717) is 28.2 Å². The fourth-order valence-electron chi connectivity index (χ4n) is 4.37. The van der Waals surface area contributed by atoms with E-state index in [-0.39, 0.29) is 17.5 Å². The van der Waals surface area contributed by atoms with Gasteiger partial charge in [-0.1, -0.05) is 30.9 Å². The second-order valence-corrected chi connectivity index (χ2v) is 8.71. The van der Waals surface area contributed by atoms with Gasteiger partial charge in [-0.2, -0.15) is 0 Å². The Bertz CT molecular complexity index is 1260. The Labute approximate surface area is 196 Å². The zero-order valence-electron chi connectivity index (χ0n) is 17.9. The average molecular weight is 464 g/mol. The summed E-state index contributed by atoms with van der Waals surface area (Å²) in [5.41, 5.74) is 2.93. The van der Waals surface area contributed by atoms with Crippen LogP contribution in [0.4, 0.5) is 10.1 Å². The third-order valence-electron chi connectivity index (χ3n) is 6.04. The van der Waals surface area contributed by atoms with Gasteiger partial charge in [-0.05, 0) is 73.5 Å². The van der Waals surface area contributed by atoms with Crippen molar-refractivity contribution in [3.05, 3.63) is 83.6 Å². The number of benzene rings is 2. The maximum Gasteiger partial charge on any atom is 0.291 e. The topological polar surface area (TPSA) is 60.1 Å². The van der Waals surface area contributed by atoms with Gasteiger partial charge in [0.1, 0.15) is 11.5 Å². The Morgan fingerprint density at radius 2 is 1.73 bits per heavy atom. The number of carbonyl (C=O) groups excluding carboxylic acids is 1. The van der Waals surface area contributed by atoms with Crippen LogP contribution in [-0.4, -0.2) is 15.5 Å². The van der Waals surface area contributed by atoms with Gasteiger partial charge in [-0.15, -0.1) is 0 Å². The lowest BCUT2D eigenvalue weighted by Crippen LogP contribution is -2.13. The number of carbonyl (C=O) groups is 1. The summed E-state index contributed by atoms with van der Waals surface area (Å²) in [6, 6.07) is 16.9. The van der Waals surface area contributed by atoms with Gasteiger partial charge in [0.05, 0.1) is 12.0 Å². The summed E-state index contributed by atoms with van der Waals surface area (Å²) in [6.07, 6.45) is 7.54. The quantitative estimate of drug-likeness (QED) is 0.336. The number of nitrogens with zero attached hydrogens (tertiary/aromatic N) is 2. The first kappa shape index (κ1) is 21.5. The van der Waals surface area contributed by atoms with Crippen molar-refractivity contribution < 1.29 is 13.6 Å². The summed E-state index contributed by atoms with van der Waals surface area (Å²) >= 11 is 5.92. The minimum Gasteiger partial charge on any atom is -0.449 e. The second-order valence-electron chi connectivity index (χ2n) is 8.27. The highest BCUT2D eigenvalue weighted by atomic mass is 35.5. The van der Waals surface area contributed by atoms with E-state index in [2.05, 4.69) is 14.9 Å². The molecule has 2 aromatic carbocycles. The minimum absolute atomic E-state index is 0.196. The van der Waals surface area contributed by atoms with Crippen LogP contribution in [0.3, 0.4) is 0 Å². The molecule has 0 unspecified atom stereocenters. The van der Waals surface area contributed by atoms with E-state index in [1.807, 2.05) is 6.33 Å². The predicted octanol–water partition coefficient (Wildman–Crippen LogP) is 7.36. The maximum atomic E-state index is 13.5. The molecule has 168 valence electrons. The van der Waals surface area contributed by atoms with Gasteiger partial charge in [0, 0.05) is 22.3 Å². The van der Waals surface area contributed by atoms with Crippen LogP contribution < -0.4 is 5.32 Å². The van der Waals surface area contributed by atoms with E-state index in [0.717, 1.165) is 24.1 Å². The highest BCUT2D eigenvalue weighted by Gasteiger charge is 2.25. The molecule has 33 heavy (non-hydrogen) atoms. The normalized spacial score (nSPS) is 14.4. The molecular formula is C26H23ClFN3O2. The second kappa shape index (κ2) is 9.24. The van der Waals surface area contributed by atoms with Crippen molar-refractivity contribution >= 4 is 23.2 Å². The average Bonchev–Trinajstić information content (AvgIpc) is 3.49. The molecule has 0 saturated heterocycles. The maximum absolute atomic E-state index is 13.5. The van der Waals surface area contributed by atoms with Crippen LogP contribution in [0.2, 0.25) is 5.02 Å². The monoisotopic (exact) mass is 463 g/mol. The summed E-state index contributed by atoms with van der Waals surface area (Å²) in [5, 5.41) is 3.41. The summed E-state index contributed by atoms with van der Waals surface area (Å²) < 4.78 is 21.7. The third-order valence-corrected chi connectivity index (χ3v) is 6.30. The van der Waals surface area contributed by atoms with Gasteiger partial charge in [0.25, 0.3) is 5.91 Å². The number of hydrogen-bond donors (Lipinski definition) is 1. The standard InChI is InChI=1S/C26H23ClFN3O2/c27-18-8-12-20(13-9-18)30-26(32)23-15-14-22(33-23)25-24(17-6-10-19(28)11-7-17)29-16-31(25)21-4-2-1-3-5-21/h6-16,21H,1-5H2,(H,30,32). The Kier molecular flexibility index (Phi) is 6.01. The Hall–Kier alpha value is -3.38. The largest absolute Gasteiger partial charge is 0.449 e. The number of hydrogen-bond acceptors (Lipinski definition) is 3. The van der Waals surface area contributed by atoms with E-state index in [1.54, 1.807) is 48.5 Å². The Balaban J connectivity index is 1.50. The fourth-order valence-corrected chi connectivity index (χ4v) is 4.50. The van der Waals surface area contributed by atoms with Crippen molar-refractivity contribution in [3.63, 3.8) is 0 Å². The Morgan fingerprint density at radius 3 is 2.45 bits per heavy atom. The van der Waals surface area contributed by atoms with Crippen molar-refractivity contribution in [1.82, 2.24) is 9.55 Å². The molecule has 1 aliphatic carbocycles. The van der Waals surface area contributed by atoms with Gasteiger partial charge >= 0.3 is 0 Å². The van der Waals surface area contributed by atoms with Crippen molar-refractivity contribution in [2.24, 2.45) is 0 Å². The molecule has 4 aromatic rings. The lowest BCUT2D eigenvalue weighted by Gasteiger charge is -2.24. The number of furan rings is 1. The zero-order valence-corrected chi connectivity index (χ0v) is 18.7. The number of amides is 1. The summed E-state index contributed by atoms with van der Waals surface area (Å²) in [6.45, 7) is 0. The summed E-state index contributed by atoms with van der Waals surface area (Å²) in [7, 11) is 0. The molecule has 0 spiro atoms. The first-order valence-corrected chi connectivity index (χ1v) is 11.5. The van der Waals surface area contributed by atoms with Gasteiger partial charge in [-0.25, -0.2) is 9.37 Å². The van der Waals surface area contributed by atoms with Crippen LogP contribution in [0.15, 0.2) is 71.4 Å². The molecule has 0 aliphatic heterocycles. The first-order chi connectivity index (χ1) is 16.1. The van der Waals surface area contributed by atoms with Crippen molar-refractivity contribution in [1.29, 1.82) is 0 Å². The molecule has 1 N–H and O–H groups in total. The molecule has 5 nitrogen and oxygen atoms in total. The number of aromatic nitrogens is 2. The van der Waals surface area contributed by atoms with E-state index in [9.17, 15) is 9.18 Å². The zero-order chi connectivity index (χ0) is 22.8. The van der Waals surface area contributed by atoms with Gasteiger partial charge in [0.2, 0.25) is 0 Å². The van der Waals surface area contributed by atoms with Crippen molar-refractivity contribution in [3.8, 4) is 22.7 Å². The van der Waals surface area contributed by atoms with Crippen LogP contribution in [-0.2, 0) is 0 Å². The fraction of sp³-hybridized carbons (Fsp3) is 0.231. The molecule has 0 bridgehead atoms. The van der Waals surface area contributed by atoms with Crippen molar-refractivity contribution in [2.75, 3.05) is 5.32 Å². The molecule has 7 heteroatoms. The van der Waals surface area contributed by atoms with E-state index in [4.69, 9.17) is 16.0 Å². The van der Waals surface area contributed by atoms with Crippen LogP contribution >= 0.6 is 11.6 Å². The predicted molar refractivity (Wildman–Crippen MR) is 127 cm³/mol. The molecular weight excluding hydrogens is 441 g/mol. The molecule has 0 radical (unpaired) electrons. The minimum atomic E-state index is -0.351. The molecule has 1 amide bonds. The van der Waals surface area contributed by atoms with Crippen molar-refractivity contribution in [2.45, 2.75) is 38.1 Å². The lowest BCUT2D eigenvalue weighted by molar-refractivity contribution is 0.0997. The Morgan fingerprint density at radius 1 is 1.00 bits per heavy atom. The molecule has 5 rings (SSSR count). The smallest absolute Gasteiger partial charge is 0.291 e. The number of rotatable bonds is 5. The summed E-state index contributed by atoms with van der Waals surface area (Å²) in [5.74, 6) is 0.0989. The SMILES string of the molecule is O=C(Nc1ccc(Cl)cc1)c1ccc(-c2c(-c3ccc(F)cc3)ncn2C2CCCCC2)o1. The molecule has 0 atom stereocenters. The first-order valence-electron chi connectivity index (χ1n) is 11.1. The van der Waals surface area contributed by atoms with Gasteiger partial charge in [-0.3, -0.25) is 4.79 Å². The van der Waals surface area contributed by atoms with Crippen LogP contribution in [0.5, 0.6) is 0 Å². The van der Waals surface area contributed by atoms with E-state index < -0.39 is 0 Å². The molecule has 1 aliphatic rings. The molecule has 2 aromatic heterocycles. The van der Waals surface area contributed by atoms with Gasteiger partial charge < -0.3 is 14.3 Å². The molecule has 1 saturated carbocycles. The van der Waals surface area contributed by atoms with Crippen LogP contribution in [0.25, 0.3) is 22.7 Å². The van der Waals surface area contributed by atoms with E-state index in [1.165, 1.54) is 31.4 Å². The highest BCUT2D eigenvalue weighted by Crippen LogP contribution is 2.38. The number of imidazole rings is 1. The van der Waals surface area contributed by atoms with E-state index >= 15 is 0 Å². The third kappa shape index (κ3) is 4.57. The summed E-state index contributed by atoms with van der Waals surface area (Å²) in [4.78, 5) is 17.4.